The normalized spacial score (nSPS) is 12.5. The second kappa shape index (κ2) is 16.2. The third kappa shape index (κ3) is 6.51. The molecular weight excluding hydrogens is 825 g/mol. The Bertz CT molecular complexity index is 3800. The predicted octanol–water partition coefficient (Wildman–Crippen LogP) is 16.7. The smallest absolute Gasteiger partial charge is 0.160 e. The summed E-state index contributed by atoms with van der Waals surface area (Å²) in [6.07, 6.45) is 0. The molecule has 318 valence electrons. The van der Waals surface area contributed by atoms with Gasteiger partial charge in [0, 0.05) is 27.5 Å². The fourth-order valence-electron chi connectivity index (χ4n) is 10.7. The summed E-state index contributed by atoms with van der Waals surface area (Å²) < 4.78 is 6.24. The van der Waals surface area contributed by atoms with Crippen molar-refractivity contribution in [2.75, 3.05) is 0 Å². The largest absolute Gasteiger partial charge is 0.456 e. The summed E-state index contributed by atoms with van der Waals surface area (Å²) in [4.78, 5) is 10.8. The van der Waals surface area contributed by atoms with Crippen LogP contribution >= 0.6 is 0 Å². The van der Waals surface area contributed by atoms with E-state index in [4.69, 9.17) is 14.4 Å². The average Bonchev–Trinajstić information content (AvgIpc) is 3.95. The Kier molecular flexibility index (Phi) is 9.40. The van der Waals surface area contributed by atoms with E-state index in [1.54, 1.807) is 0 Å². The molecule has 0 N–H and O–H groups in total. The number of rotatable bonds is 8. The third-order valence-corrected chi connectivity index (χ3v) is 13.8. The number of hydrogen-bond acceptors (Lipinski definition) is 3. The lowest BCUT2D eigenvalue weighted by atomic mass is 9.67. The molecule has 0 saturated carbocycles. The molecule has 0 fully saturated rings. The molecule has 0 spiro atoms. The minimum absolute atomic E-state index is 0.515. The van der Waals surface area contributed by atoms with Crippen LogP contribution in [0.15, 0.2) is 259 Å². The minimum Gasteiger partial charge on any atom is -0.456 e. The first-order chi connectivity index (χ1) is 33.7. The van der Waals surface area contributed by atoms with Crippen molar-refractivity contribution in [1.29, 1.82) is 0 Å². The summed E-state index contributed by atoms with van der Waals surface area (Å²) >= 11 is 0. The molecule has 2 heterocycles. The Labute approximate surface area is 395 Å². The second-order valence-electron chi connectivity index (χ2n) is 17.6. The van der Waals surface area contributed by atoms with Crippen molar-refractivity contribution >= 4 is 21.9 Å². The van der Waals surface area contributed by atoms with E-state index in [9.17, 15) is 0 Å². The Morgan fingerprint density at radius 1 is 0.279 bits per heavy atom. The van der Waals surface area contributed by atoms with Crippen LogP contribution in [0.1, 0.15) is 22.3 Å². The van der Waals surface area contributed by atoms with Gasteiger partial charge in [-0.3, -0.25) is 0 Å². The quantitative estimate of drug-likeness (QED) is 0.153. The zero-order valence-electron chi connectivity index (χ0n) is 37.1. The molecule has 3 heteroatoms. The zero-order valence-corrected chi connectivity index (χ0v) is 37.1. The number of furan rings is 1. The summed E-state index contributed by atoms with van der Waals surface area (Å²) in [5, 5.41) is 2.19. The van der Waals surface area contributed by atoms with Crippen LogP contribution in [0.5, 0.6) is 0 Å². The van der Waals surface area contributed by atoms with Gasteiger partial charge in [-0.25, -0.2) is 9.97 Å². The minimum atomic E-state index is -0.515. The maximum atomic E-state index is 6.24. The molecule has 13 rings (SSSR count). The molecule has 0 saturated heterocycles. The summed E-state index contributed by atoms with van der Waals surface area (Å²) in [5.41, 5.74) is 20.2. The molecule has 10 aromatic carbocycles. The Morgan fingerprint density at radius 3 is 1.54 bits per heavy atom. The van der Waals surface area contributed by atoms with E-state index >= 15 is 0 Å². The standard InChI is InChI=1S/C65H42N2O/c1-5-19-43(20-6-1)47-37-48(45-33-35-54-53-28-15-17-31-58(53)65(59(54)41-45,50-23-9-3-10-24-50)51-25-11-4-12-26-51)39-49(38-47)60-42-61(67-64(66-60)44-21-7-2-8-22-44)55-29-14-13-27-52(55)46-34-36-63-57(40-46)56-30-16-18-32-62(56)68-63/h1-42H. The van der Waals surface area contributed by atoms with Crippen molar-refractivity contribution < 1.29 is 4.42 Å². The van der Waals surface area contributed by atoms with E-state index in [1.165, 1.54) is 33.4 Å². The Morgan fingerprint density at radius 2 is 0.809 bits per heavy atom. The fraction of sp³-hybridized carbons (Fsp3) is 0.0154. The van der Waals surface area contributed by atoms with Crippen LogP contribution in [0.4, 0.5) is 0 Å². The molecule has 0 unspecified atom stereocenters. The van der Waals surface area contributed by atoms with Gasteiger partial charge in [-0.2, -0.15) is 0 Å². The van der Waals surface area contributed by atoms with Crippen LogP contribution in [0.3, 0.4) is 0 Å². The Hall–Kier alpha value is -8.92. The van der Waals surface area contributed by atoms with Gasteiger partial charge < -0.3 is 4.42 Å². The van der Waals surface area contributed by atoms with Crippen LogP contribution in [0, 0.1) is 0 Å². The number of fused-ring (bicyclic) bond motifs is 6. The summed E-state index contributed by atoms with van der Waals surface area (Å²) in [6, 6.07) is 91.4. The summed E-state index contributed by atoms with van der Waals surface area (Å²) in [5.74, 6) is 0.668. The highest BCUT2D eigenvalue weighted by atomic mass is 16.3. The molecule has 0 aliphatic heterocycles. The lowest BCUT2D eigenvalue weighted by Crippen LogP contribution is -2.28. The number of aromatic nitrogens is 2. The highest BCUT2D eigenvalue weighted by molar-refractivity contribution is 6.06. The van der Waals surface area contributed by atoms with E-state index in [1.807, 2.05) is 18.2 Å². The molecule has 1 aliphatic carbocycles. The molecule has 2 aromatic heterocycles. The van der Waals surface area contributed by atoms with Gasteiger partial charge in [0.1, 0.15) is 11.2 Å². The SMILES string of the molecule is c1ccc(-c2cc(-c3ccc4c(c3)C(c3ccccc3)(c3ccccc3)c3ccccc3-4)cc(-c3cc(-c4ccccc4-c4ccc5oc6ccccc6c5c4)nc(-c4ccccc4)n3)c2)cc1. The van der Waals surface area contributed by atoms with Crippen molar-refractivity contribution in [2.45, 2.75) is 5.41 Å². The van der Waals surface area contributed by atoms with Gasteiger partial charge in [-0.15, -0.1) is 0 Å². The highest BCUT2D eigenvalue weighted by Gasteiger charge is 2.46. The van der Waals surface area contributed by atoms with Gasteiger partial charge in [-0.05, 0) is 115 Å². The molecule has 0 radical (unpaired) electrons. The summed E-state index contributed by atoms with van der Waals surface area (Å²) in [7, 11) is 0. The first-order valence-electron chi connectivity index (χ1n) is 23.2. The van der Waals surface area contributed by atoms with Crippen molar-refractivity contribution in [3.63, 3.8) is 0 Å². The molecule has 0 amide bonds. The zero-order chi connectivity index (χ0) is 45.0. The maximum absolute atomic E-state index is 6.24. The van der Waals surface area contributed by atoms with Crippen molar-refractivity contribution in [1.82, 2.24) is 9.97 Å². The molecule has 0 bridgehead atoms. The molecule has 1 aliphatic rings. The third-order valence-electron chi connectivity index (χ3n) is 13.8. The number of benzene rings is 10. The van der Waals surface area contributed by atoms with Crippen LogP contribution < -0.4 is 0 Å². The molecule has 3 nitrogen and oxygen atoms in total. The fourth-order valence-corrected chi connectivity index (χ4v) is 10.7. The van der Waals surface area contributed by atoms with E-state index in [0.717, 1.165) is 83.4 Å². The van der Waals surface area contributed by atoms with E-state index in [2.05, 4.69) is 237 Å². The highest BCUT2D eigenvalue weighted by Crippen LogP contribution is 2.57. The monoisotopic (exact) mass is 866 g/mol. The summed E-state index contributed by atoms with van der Waals surface area (Å²) in [6.45, 7) is 0. The van der Waals surface area contributed by atoms with Crippen LogP contribution in [0.2, 0.25) is 0 Å². The number of para-hydroxylation sites is 1. The van der Waals surface area contributed by atoms with E-state index in [-0.39, 0.29) is 0 Å². The number of nitrogens with zero attached hydrogens (tertiary/aromatic N) is 2. The second-order valence-corrected chi connectivity index (χ2v) is 17.6. The van der Waals surface area contributed by atoms with Crippen LogP contribution in [0.25, 0.3) is 100 Å². The van der Waals surface area contributed by atoms with Gasteiger partial charge in [0.15, 0.2) is 5.82 Å². The van der Waals surface area contributed by atoms with Crippen molar-refractivity contribution in [2.24, 2.45) is 0 Å². The maximum Gasteiger partial charge on any atom is 0.160 e. The molecule has 0 atom stereocenters. The average molecular weight is 867 g/mol. The van der Waals surface area contributed by atoms with Crippen LogP contribution in [-0.4, -0.2) is 9.97 Å². The van der Waals surface area contributed by atoms with Gasteiger partial charge in [-0.1, -0.05) is 206 Å². The lowest BCUT2D eigenvalue weighted by Gasteiger charge is -2.34. The molecule has 12 aromatic rings. The van der Waals surface area contributed by atoms with Crippen molar-refractivity contribution in [3.05, 3.63) is 277 Å². The van der Waals surface area contributed by atoms with Gasteiger partial charge in [0.2, 0.25) is 0 Å². The first-order valence-corrected chi connectivity index (χ1v) is 23.2. The van der Waals surface area contributed by atoms with Crippen molar-refractivity contribution in [3.8, 4) is 78.4 Å². The number of hydrogen-bond donors (Lipinski definition) is 0. The van der Waals surface area contributed by atoms with E-state index in [0.29, 0.717) is 5.82 Å². The topological polar surface area (TPSA) is 38.9 Å². The van der Waals surface area contributed by atoms with Crippen LogP contribution in [-0.2, 0) is 5.41 Å². The Balaban J connectivity index is 1.02. The predicted molar refractivity (Wildman–Crippen MR) is 279 cm³/mol. The van der Waals surface area contributed by atoms with E-state index < -0.39 is 5.41 Å². The molecular formula is C65H42N2O. The first kappa shape index (κ1) is 39.4. The lowest BCUT2D eigenvalue weighted by molar-refractivity contribution is 0.669. The molecule has 68 heavy (non-hydrogen) atoms. The van der Waals surface area contributed by atoms with Gasteiger partial charge in [0.25, 0.3) is 0 Å². The van der Waals surface area contributed by atoms with Gasteiger partial charge >= 0.3 is 0 Å². The van der Waals surface area contributed by atoms with Gasteiger partial charge in [0.05, 0.1) is 16.8 Å².